The van der Waals surface area contributed by atoms with Crippen LogP contribution in [0.3, 0.4) is 0 Å². The zero-order valence-corrected chi connectivity index (χ0v) is 13.5. The molecular weight excluding hydrogens is 321 g/mol. The number of carbonyl (C=O) groups is 1. The van der Waals surface area contributed by atoms with Crippen LogP contribution in [0.1, 0.15) is 31.2 Å². The fraction of sp³-hybridized carbons (Fsp3) is 0.263. The minimum Gasteiger partial charge on any atom is -0.476 e. The molecular formula is C19H17FN3O2. The second-order valence-electron chi connectivity index (χ2n) is 5.99. The van der Waals surface area contributed by atoms with E-state index in [0.717, 1.165) is 19.3 Å². The number of aromatic nitrogens is 1. The minimum absolute atomic E-state index is 0.204. The van der Waals surface area contributed by atoms with E-state index in [4.69, 9.17) is 15.7 Å². The van der Waals surface area contributed by atoms with Crippen molar-refractivity contribution >= 4 is 5.91 Å². The third-order valence-corrected chi connectivity index (χ3v) is 4.31. The summed E-state index contributed by atoms with van der Waals surface area (Å²) in [5.41, 5.74) is 5.69. The monoisotopic (exact) mass is 338 g/mol. The minimum atomic E-state index is -1.10. The van der Waals surface area contributed by atoms with E-state index >= 15 is 0 Å². The third kappa shape index (κ3) is 3.45. The zero-order valence-electron chi connectivity index (χ0n) is 13.5. The molecule has 5 nitrogen and oxygen atoms in total. The standard InChI is InChI=1S/C19H17FN3O2/c20-14-4-6-16(13(10-14)11-21)17-7-5-15(12-23-17)25-19(18(22)24)8-2-1-3-9-19/h4-8,10,12H,1-3,9H2,(H2,22,24)/t19-/m1/s1. The molecule has 1 radical (unpaired) electrons. The third-order valence-electron chi connectivity index (χ3n) is 4.31. The van der Waals surface area contributed by atoms with Crippen LogP contribution < -0.4 is 10.5 Å². The molecule has 0 unspecified atom stereocenters. The highest BCUT2D eigenvalue weighted by Crippen LogP contribution is 2.32. The molecule has 1 aliphatic rings. The Bertz CT molecular complexity index is 822. The Kier molecular flexibility index (Phi) is 4.66. The van der Waals surface area contributed by atoms with Gasteiger partial charge in [-0.05, 0) is 49.6 Å². The summed E-state index contributed by atoms with van der Waals surface area (Å²) >= 11 is 0. The summed E-state index contributed by atoms with van der Waals surface area (Å²) < 4.78 is 19.1. The lowest BCUT2D eigenvalue weighted by Gasteiger charge is -2.34. The number of rotatable bonds is 4. The normalized spacial score (nSPS) is 16.0. The summed E-state index contributed by atoms with van der Waals surface area (Å²) in [6.45, 7) is 0. The molecule has 2 aromatic rings. The maximum atomic E-state index is 13.3. The average molecular weight is 338 g/mol. The lowest BCUT2D eigenvalue weighted by atomic mass is 9.84. The predicted molar refractivity (Wildman–Crippen MR) is 89.7 cm³/mol. The van der Waals surface area contributed by atoms with Crippen LogP contribution in [-0.2, 0) is 4.79 Å². The van der Waals surface area contributed by atoms with E-state index in [1.165, 1.54) is 24.4 Å². The van der Waals surface area contributed by atoms with Gasteiger partial charge in [-0.2, -0.15) is 5.26 Å². The van der Waals surface area contributed by atoms with Crippen LogP contribution in [0.4, 0.5) is 4.39 Å². The van der Waals surface area contributed by atoms with Crippen molar-refractivity contribution in [2.24, 2.45) is 5.73 Å². The van der Waals surface area contributed by atoms with Gasteiger partial charge in [-0.25, -0.2) is 4.39 Å². The van der Waals surface area contributed by atoms with Crippen LogP contribution in [-0.4, -0.2) is 16.5 Å². The fourth-order valence-corrected chi connectivity index (χ4v) is 2.98. The van der Waals surface area contributed by atoms with Gasteiger partial charge in [-0.15, -0.1) is 0 Å². The summed E-state index contributed by atoms with van der Waals surface area (Å²) in [4.78, 5) is 16.1. The smallest absolute Gasteiger partial charge is 0.261 e. The SMILES string of the molecule is N#Cc1cc(F)ccc1-c1ccc(O[C@]2(C(N)=O)[CH]CCCC2)cn1. The van der Waals surface area contributed by atoms with Gasteiger partial charge < -0.3 is 10.5 Å². The number of hydrogen-bond acceptors (Lipinski definition) is 4. The van der Waals surface area contributed by atoms with E-state index in [1.54, 1.807) is 12.1 Å². The van der Waals surface area contributed by atoms with Gasteiger partial charge in [-0.3, -0.25) is 9.78 Å². The largest absolute Gasteiger partial charge is 0.476 e. The molecule has 1 aromatic heterocycles. The number of carbonyl (C=O) groups excluding carboxylic acids is 1. The molecule has 25 heavy (non-hydrogen) atoms. The van der Waals surface area contributed by atoms with Gasteiger partial charge in [0.15, 0.2) is 5.60 Å². The number of ether oxygens (including phenoxy) is 1. The lowest BCUT2D eigenvalue weighted by Crippen LogP contribution is -2.50. The molecule has 1 atom stereocenters. The number of nitrogens with zero attached hydrogens (tertiary/aromatic N) is 2. The molecule has 3 rings (SSSR count). The first-order valence-corrected chi connectivity index (χ1v) is 8.03. The average Bonchev–Trinajstić information content (AvgIpc) is 2.63. The quantitative estimate of drug-likeness (QED) is 0.927. The van der Waals surface area contributed by atoms with Crippen LogP contribution in [0, 0.1) is 23.6 Å². The lowest BCUT2D eigenvalue weighted by molar-refractivity contribution is -0.132. The molecule has 6 heteroatoms. The number of nitrogens with two attached hydrogens (primary N) is 1. The van der Waals surface area contributed by atoms with E-state index < -0.39 is 17.3 Å². The van der Waals surface area contributed by atoms with Crippen molar-refractivity contribution in [1.82, 2.24) is 4.98 Å². The molecule has 0 spiro atoms. The number of halogens is 1. The van der Waals surface area contributed by atoms with Crippen molar-refractivity contribution in [2.45, 2.75) is 31.3 Å². The van der Waals surface area contributed by atoms with Crippen LogP contribution in [0.15, 0.2) is 36.5 Å². The summed E-state index contributed by atoms with van der Waals surface area (Å²) in [6, 6.07) is 9.25. The highest BCUT2D eigenvalue weighted by Gasteiger charge is 2.40. The van der Waals surface area contributed by atoms with E-state index in [2.05, 4.69) is 4.98 Å². The molecule has 1 aromatic carbocycles. The number of primary amides is 1. The molecule has 1 saturated carbocycles. The first kappa shape index (κ1) is 16.9. The topological polar surface area (TPSA) is 89.0 Å². The number of hydrogen-bond donors (Lipinski definition) is 1. The maximum absolute atomic E-state index is 13.3. The Labute approximate surface area is 145 Å². The van der Waals surface area contributed by atoms with Crippen molar-refractivity contribution in [2.75, 3.05) is 0 Å². The predicted octanol–water partition coefficient (Wildman–Crippen LogP) is 3.14. The van der Waals surface area contributed by atoms with Gasteiger partial charge in [0.25, 0.3) is 5.91 Å². The van der Waals surface area contributed by atoms with Gasteiger partial charge in [0.05, 0.1) is 23.5 Å². The first-order valence-electron chi connectivity index (χ1n) is 8.03. The van der Waals surface area contributed by atoms with Gasteiger partial charge in [-0.1, -0.05) is 6.42 Å². The zero-order chi connectivity index (χ0) is 17.9. The Hall–Kier alpha value is -2.94. The summed E-state index contributed by atoms with van der Waals surface area (Å²) in [5, 5.41) is 9.15. The second-order valence-corrected chi connectivity index (χ2v) is 5.99. The highest BCUT2D eigenvalue weighted by atomic mass is 19.1. The number of benzene rings is 1. The van der Waals surface area contributed by atoms with Crippen molar-refractivity contribution in [3.8, 4) is 23.1 Å². The Morgan fingerprint density at radius 1 is 1.32 bits per heavy atom. The van der Waals surface area contributed by atoms with E-state index in [9.17, 15) is 9.18 Å². The van der Waals surface area contributed by atoms with Gasteiger partial charge in [0.1, 0.15) is 11.6 Å². The van der Waals surface area contributed by atoms with Crippen molar-refractivity contribution in [3.63, 3.8) is 0 Å². The Morgan fingerprint density at radius 2 is 2.16 bits per heavy atom. The van der Waals surface area contributed by atoms with Crippen molar-refractivity contribution in [3.05, 3.63) is 54.3 Å². The number of amides is 1. The van der Waals surface area contributed by atoms with E-state index in [0.29, 0.717) is 23.4 Å². The van der Waals surface area contributed by atoms with Gasteiger partial charge in [0, 0.05) is 12.0 Å². The van der Waals surface area contributed by atoms with Crippen LogP contribution in [0.25, 0.3) is 11.3 Å². The summed E-state index contributed by atoms with van der Waals surface area (Å²) in [5.74, 6) is -0.570. The molecule has 127 valence electrons. The van der Waals surface area contributed by atoms with Crippen LogP contribution >= 0.6 is 0 Å². The molecule has 0 aliphatic heterocycles. The molecule has 1 fully saturated rings. The molecule has 2 N–H and O–H groups in total. The van der Waals surface area contributed by atoms with Crippen molar-refractivity contribution < 1.29 is 13.9 Å². The second kappa shape index (κ2) is 6.89. The molecule has 1 heterocycles. The molecule has 0 saturated heterocycles. The first-order chi connectivity index (χ1) is 12.0. The fourth-order valence-electron chi connectivity index (χ4n) is 2.98. The molecule has 1 aliphatic carbocycles. The molecule has 0 bridgehead atoms. The maximum Gasteiger partial charge on any atom is 0.261 e. The summed E-state index contributed by atoms with van der Waals surface area (Å²) in [6.07, 6.45) is 6.49. The van der Waals surface area contributed by atoms with Crippen LogP contribution in [0.5, 0.6) is 5.75 Å². The molecule has 1 amide bonds. The Morgan fingerprint density at radius 3 is 2.76 bits per heavy atom. The number of pyridine rings is 1. The van der Waals surface area contributed by atoms with Gasteiger partial charge >= 0.3 is 0 Å². The highest BCUT2D eigenvalue weighted by molar-refractivity contribution is 5.85. The Balaban J connectivity index is 1.85. The van der Waals surface area contributed by atoms with Crippen molar-refractivity contribution in [1.29, 1.82) is 5.26 Å². The summed E-state index contributed by atoms with van der Waals surface area (Å²) in [7, 11) is 0. The van der Waals surface area contributed by atoms with E-state index in [-0.39, 0.29) is 5.56 Å². The van der Waals surface area contributed by atoms with Crippen LogP contribution in [0.2, 0.25) is 0 Å². The van der Waals surface area contributed by atoms with Gasteiger partial charge in [0.2, 0.25) is 0 Å². The number of nitriles is 1. The van der Waals surface area contributed by atoms with E-state index in [1.807, 2.05) is 12.5 Å².